The summed E-state index contributed by atoms with van der Waals surface area (Å²) in [4.78, 5) is 46.8. The summed E-state index contributed by atoms with van der Waals surface area (Å²) in [5.74, 6) is -2.28. The van der Waals surface area contributed by atoms with Crippen LogP contribution in [0.2, 0.25) is 10.0 Å². The van der Waals surface area contributed by atoms with Crippen molar-refractivity contribution in [3.05, 3.63) is 99.6 Å². The van der Waals surface area contributed by atoms with Gasteiger partial charge >= 0.3 is 5.97 Å². The Hall–Kier alpha value is -3.68. The number of benzene rings is 2. The van der Waals surface area contributed by atoms with E-state index in [4.69, 9.17) is 37.9 Å². The molecule has 0 bridgehead atoms. The minimum atomic E-state index is -3.63. The van der Waals surface area contributed by atoms with Gasteiger partial charge in [-0.15, -0.1) is 0 Å². The average molecular weight is 735 g/mol. The summed E-state index contributed by atoms with van der Waals surface area (Å²) in [7, 11) is -3.63. The van der Waals surface area contributed by atoms with Crippen molar-refractivity contribution in [3.63, 3.8) is 0 Å². The molecule has 1 saturated carbocycles. The fourth-order valence-corrected chi connectivity index (χ4v) is 7.73. The van der Waals surface area contributed by atoms with Crippen LogP contribution in [0.4, 0.5) is 0 Å². The third-order valence-electron chi connectivity index (χ3n) is 8.50. The zero-order valence-electron chi connectivity index (χ0n) is 27.4. The number of aliphatic carboxylic acids is 1. The molecule has 2 aromatic rings. The molecule has 4 rings (SSSR count). The molecule has 49 heavy (non-hydrogen) atoms. The van der Waals surface area contributed by atoms with Gasteiger partial charge in [0.2, 0.25) is 10.0 Å². The number of hydrogen-bond acceptors (Lipinski definition) is 7. The largest absolute Gasteiger partial charge is 0.494 e. The van der Waals surface area contributed by atoms with Crippen LogP contribution in [-0.2, 0) is 35.9 Å². The second-order valence-corrected chi connectivity index (χ2v) is 14.7. The predicted octanol–water partition coefficient (Wildman–Crippen LogP) is 5.90. The Labute approximate surface area is 296 Å². The molecule has 11 nitrogen and oxygen atoms in total. The van der Waals surface area contributed by atoms with Gasteiger partial charge in [-0.1, -0.05) is 73.0 Å². The Morgan fingerprint density at radius 1 is 1.14 bits per heavy atom. The number of nitrogens with one attached hydrogen (secondary N) is 2. The number of ether oxygens (including phenoxy) is 1. The Balaban J connectivity index is 1.69. The van der Waals surface area contributed by atoms with Crippen LogP contribution in [0, 0.1) is 5.92 Å². The van der Waals surface area contributed by atoms with E-state index < -0.39 is 45.9 Å². The van der Waals surface area contributed by atoms with Gasteiger partial charge in [-0.3, -0.25) is 19.2 Å². The standard InChI is InChI=1S/C35H41Cl2N3O8S/c1-4-5-12-26-22(2)32(34(43)38-48-21-23-10-8-11-25(19-23)47-18-9-15-31(41)42)33(27-17-16-24(36)20-28(27)37)40(35(26)44)30-14-7-6-13-29(30)39-49(3,45)46/h4-5,8,10-12,16-17,19-20,29-30,32-33,39H,1,6-7,9,13-15,18,21H2,2-3H3,(H,38,43)(H,41,42)/b12-5-/t29-,30?,32+,33-/m0/s1. The first-order chi connectivity index (χ1) is 23.3. The molecule has 1 aliphatic heterocycles. The van der Waals surface area contributed by atoms with Crippen molar-refractivity contribution in [2.75, 3.05) is 12.9 Å². The number of nitrogens with zero attached hydrogens (tertiary/aromatic N) is 1. The van der Waals surface area contributed by atoms with Gasteiger partial charge in [0.25, 0.3) is 11.8 Å². The summed E-state index contributed by atoms with van der Waals surface area (Å²) in [5.41, 5.74) is 4.48. The molecule has 14 heteroatoms. The van der Waals surface area contributed by atoms with Crippen LogP contribution in [0.15, 0.2) is 78.4 Å². The molecule has 0 aromatic heterocycles. The Kier molecular flexibility index (Phi) is 13.5. The van der Waals surface area contributed by atoms with Crippen molar-refractivity contribution in [2.24, 2.45) is 5.92 Å². The van der Waals surface area contributed by atoms with Gasteiger partial charge < -0.3 is 14.7 Å². The van der Waals surface area contributed by atoms with E-state index in [1.807, 2.05) is 0 Å². The molecule has 2 aromatic carbocycles. The number of carbonyl (C=O) groups excluding carboxylic acids is 2. The molecule has 4 atom stereocenters. The van der Waals surface area contributed by atoms with Crippen molar-refractivity contribution in [3.8, 4) is 5.75 Å². The van der Waals surface area contributed by atoms with E-state index in [9.17, 15) is 22.8 Å². The van der Waals surface area contributed by atoms with Crippen LogP contribution in [0.1, 0.15) is 62.6 Å². The smallest absolute Gasteiger partial charge is 0.303 e. The third-order valence-corrected chi connectivity index (χ3v) is 9.79. The van der Waals surface area contributed by atoms with Crippen molar-refractivity contribution in [2.45, 2.75) is 70.2 Å². The van der Waals surface area contributed by atoms with E-state index in [0.717, 1.165) is 19.1 Å². The van der Waals surface area contributed by atoms with Crippen LogP contribution in [-0.4, -0.2) is 61.2 Å². The van der Waals surface area contributed by atoms with Crippen LogP contribution < -0.4 is 14.9 Å². The maximum Gasteiger partial charge on any atom is 0.303 e. The van der Waals surface area contributed by atoms with E-state index in [1.54, 1.807) is 66.4 Å². The zero-order valence-corrected chi connectivity index (χ0v) is 29.7. The lowest BCUT2D eigenvalue weighted by molar-refractivity contribution is -0.146. The molecular weight excluding hydrogens is 693 g/mol. The highest BCUT2D eigenvalue weighted by Crippen LogP contribution is 2.46. The highest BCUT2D eigenvalue weighted by Gasteiger charge is 2.49. The first-order valence-corrected chi connectivity index (χ1v) is 18.6. The molecule has 0 saturated heterocycles. The number of carbonyl (C=O) groups is 3. The summed E-state index contributed by atoms with van der Waals surface area (Å²) in [5, 5.41) is 9.46. The fourth-order valence-electron chi connectivity index (χ4n) is 6.38. The van der Waals surface area contributed by atoms with Crippen LogP contribution in [0.3, 0.4) is 0 Å². The maximum absolute atomic E-state index is 14.5. The average Bonchev–Trinajstić information content (AvgIpc) is 3.03. The monoisotopic (exact) mass is 733 g/mol. The molecule has 1 aliphatic carbocycles. The van der Waals surface area contributed by atoms with Gasteiger partial charge in [0.15, 0.2) is 0 Å². The predicted molar refractivity (Wildman–Crippen MR) is 187 cm³/mol. The number of hydroxylamine groups is 1. The normalized spacial score (nSPS) is 21.6. The zero-order chi connectivity index (χ0) is 35.7. The van der Waals surface area contributed by atoms with Gasteiger partial charge in [0, 0.05) is 34.1 Å². The molecule has 264 valence electrons. The first-order valence-electron chi connectivity index (χ1n) is 15.9. The molecule has 2 aliphatic rings. The first kappa shape index (κ1) is 38.1. The summed E-state index contributed by atoms with van der Waals surface area (Å²) in [6.45, 7) is 5.64. The SMILES string of the molecule is C=C/C=C\C1=C(C)[C@@H](C(=O)NOCc2cccc(OCCCC(=O)O)c2)[C@H](c2ccc(Cl)cc2Cl)N(C2CCCC[C@@H]2NS(C)(=O)=O)C1=O. The lowest BCUT2D eigenvalue weighted by Gasteiger charge is -2.49. The van der Waals surface area contributed by atoms with Crippen molar-refractivity contribution in [1.29, 1.82) is 0 Å². The number of allylic oxidation sites excluding steroid dienone is 2. The van der Waals surface area contributed by atoms with Crippen LogP contribution in [0.5, 0.6) is 5.75 Å². The Morgan fingerprint density at radius 2 is 1.90 bits per heavy atom. The maximum atomic E-state index is 14.5. The van der Waals surface area contributed by atoms with Gasteiger partial charge in [0.1, 0.15) is 5.75 Å². The number of sulfonamides is 1. The van der Waals surface area contributed by atoms with Gasteiger partial charge in [-0.05, 0) is 73.2 Å². The van der Waals surface area contributed by atoms with E-state index in [1.165, 1.54) is 6.08 Å². The van der Waals surface area contributed by atoms with Gasteiger partial charge in [-0.25, -0.2) is 18.6 Å². The van der Waals surface area contributed by atoms with E-state index in [2.05, 4.69) is 16.8 Å². The van der Waals surface area contributed by atoms with E-state index in [0.29, 0.717) is 46.7 Å². The third kappa shape index (κ3) is 10.2. The summed E-state index contributed by atoms with van der Waals surface area (Å²) < 4.78 is 33.3. The number of rotatable bonds is 15. The van der Waals surface area contributed by atoms with E-state index in [-0.39, 0.29) is 36.1 Å². The molecule has 1 fully saturated rings. The Morgan fingerprint density at radius 3 is 2.59 bits per heavy atom. The molecule has 1 heterocycles. The lowest BCUT2D eigenvalue weighted by atomic mass is 9.76. The molecule has 0 radical (unpaired) electrons. The van der Waals surface area contributed by atoms with Crippen LogP contribution in [0.25, 0.3) is 0 Å². The second-order valence-electron chi connectivity index (χ2n) is 12.1. The van der Waals surface area contributed by atoms with Crippen molar-refractivity contribution in [1.82, 2.24) is 15.1 Å². The van der Waals surface area contributed by atoms with Crippen molar-refractivity contribution < 1.29 is 37.5 Å². The van der Waals surface area contributed by atoms with E-state index >= 15 is 0 Å². The number of halogens is 2. The summed E-state index contributed by atoms with van der Waals surface area (Å²) in [6, 6.07) is 9.74. The molecule has 1 unspecified atom stereocenters. The Bertz CT molecular complexity index is 1730. The molecular formula is C35H41Cl2N3O8S. The number of hydrogen-bond donors (Lipinski definition) is 3. The minimum Gasteiger partial charge on any atom is -0.494 e. The quantitative estimate of drug-likeness (QED) is 0.116. The minimum absolute atomic E-state index is 0.00414. The number of amides is 2. The summed E-state index contributed by atoms with van der Waals surface area (Å²) in [6.07, 6.45) is 8.69. The van der Waals surface area contributed by atoms with Gasteiger partial charge in [-0.2, -0.15) is 0 Å². The number of carboxylic acids is 1. The topological polar surface area (TPSA) is 151 Å². The van der Waals surface area contributed by atoms with Gasteiger partial charge in [0.05, 0.1) is 31.4 Å². The second kappa shape index (κ2) is 17.3. The molecule has 3 N–H and O–H groups in total. The lowest BCUT2D eigenvalue weighted by Crippen LogP contribution is -2.59. The summed E-state index contributed by atoms with van der Waals surface area (Å²) >= 11 is 13.0. The number of carboxylic acid groups (broad SMARTS) is 1. The van der Waals surface area contributed by atoms with Crippen LogP contribution >= 0.6 is 23.2 Å². The highest BCUT2D eigenvalue weighted by atomic mass is 35.5. The fraction of sp³-hybridized carbons (Fsp3) is 0.400. The molecule has 2 amide bonds. The molecule has 0 spiro atoms. The van der Waals surface area contributed by atoms with Crippen molar-refractivity contribution >= 4 is 51.0 Å². The highest BCUT2D eigenvalue weighted by molar-refractivity contribution is 7.88.